The van der Waals surface area contributed by atoms with Crippen molar-refractivity contribution in [2.45, 2.75) is 44.0 Å². The van der Waals surface area contributed by atoms with Crippen LogP contribution in [0.3, 0.4) is 0 Å². The summed E-state index contributed by atoms with van der Waals surface area (Å²) in [5.41, 5.74) is -0.0360. The van der Waals surface area contributed by atoms with Crippen LogP contribution in [0.15, 0.2) is 17.6 Å². The summed E-state index contributed by atoms with van der Waals surface area (Å²) in [5.74, 6) is 0.449. The second-order valence-corrected chi connectivity index (χ2v) is 6.76. The zero-order valence-electron chi connectivity index (χ0n) is 11.7. The summed E-state index contributed by atoms with van der Waals surface area (Å²) in [6.07, 6.45) is 4.03. The van der Waals surface area contributed by atoms with Crippen LogP contribution in [-0.2, 0) is 10.3 Å². The Kier molecular flexibility index (Phi) is 4.20. The lowest BCUT2D eigenvalue weighted by Crippen LogP contribution is -2.31. The molecule has 1 atom stereocenters. The Morgan fingerprint density at radius 1 is 1.58 bits per heavy atom. The molecule has 0 radical (unpaired) electrons. The first-order valence-corrected chi connectivity index (χ1v) is 7.49. The van der Waals surface area contributed by atoms with Gasteiger partial charge < -0.3 is 14.6 Å². The van der Waals surface area contributed by atoms with E-state index >= 15 is 0 Å². The number of imidazole rings is 1. The second-order valence-electron chi connectivity index (χ2n) is 5.82. The number of aliphatic hydroxyl groups excluding tert-OH is 1. The average molecular weight is 283 g/mol. The summed E-state index contributed by atoms with van der Waals surface area (Å²) in [6.45, 7) is 7.45. The first-order chi connectivity index (χ1) is 8.88. The summed E-state index contributed by atoms with van der Waals surface area (Å²) in [4.78, 5) is 18.0. The van der Waals surface area contributed by atoms with E-state index < -0.39 is 0 Å². The van der Waals surface area contributed by atoms with E-state index in [1.165, 1.54) is 11.8 Å². The average Bonchev–Trinajstić information content (AvgIpc) is 2.93. The number of rotatable bonds is 3. The van der Waals surface area contributed by atoms with E-state index in [4.69, 9.17) is 0 Å². The molecule has 1 aliphatic rings. The maximum absolute atomic E-state index is 12.0. The van der Waals surface area contributed by atoms with Crippen LogP contribution in [0.5, 0.6) is 0 Å². The number of likely N-dealkylation sites (tertiary alicyclic amines) is 1. The molecule has 2 rings (SSSR count). The van der Waals surface area contributed by atoms with Crippen molar-refractivity contribution < 1.29 is 9.90 Å². The van der Waals surface area contributed by atoms with E-state index in [1.54, 1.807) is 11.1 Å². The summed E-state index contributed by atoms with van der Waals surface area (Å²) in [6, 6.07) is 0. The number of hydrogen-bond donors (Lipinski definition) is 1. The van der Waals surface area contributed by atoms with Crippen molar-refractivity contribution in [2.24, 2.45) is 0 Å². The van der Waals surface area contributed by atoms with Crippen LogP contribution in [-0.4, -0.2) is 50.4 Å². The SMILES string of the molecule is CC(C)(C)n1ccnc1SCC(=O)N1CC[C@H](O)C1. The van der Waals surface area contributed by atoms with Gasteiger partial charge in [0.05, 0.1) is 11.9 Å². The maximum Gasteiger partial charge on any atom is 0.233 e. The molecule has 5 nitrogen and oxygen atoms in total. The molecule has 6 heteroatoms. The molecule has 0 saturated carbocycles. The number of aliphatic hydroxyl groups is 1. The standard InChI is InChI=1S/C13H21N3O2S/c1-13(2,3)16-7-5-14-12(16)19-9-11(18)15-6-4-10(17)8-15/h5,7,10,17H,4,6,8-9H2,1-3H3/t10-/m0/s1. The molecule has 19 heavy (non-hydrogen) atoms. The Labute approximate surface area is 118 Å². The highest BCUT2D eigenvalue weighted by molar-refractivity contribution is 7.99. The normalized spacial score (nSPS) is 20.0. The van der Waals surface area contributed by atoms with Gasteiger partial charge in [0, 0.05) is 31.0 Å². The van der Waals surface area contributed by atoms with Crippen LogP contribution in [0, 0.1) is 0 Å². The third-order valence-corrected chi connectivity index (χ3v) is 4.12. The Morgan fingerprint density at radius 3 is 2.89 bits per heavy atom. The molecular formula is C13H21N3O2S. The van der Waals surface area contributed by atoms with Gasteiger partial charge in [-0.2, -0.15) is 0 Å². The van der Waals surface area contributed by atoms with Crippen molar-refractivity contribution >= 4 is 17.7 Å². The van der Waals surface area contributed by atoms with Crippen LogP contribution < -0.4 is 0 Å². The number of carbonyl (C=O) groups excluding carboxylic acids is 1. The Balaban J connectivity index is 1.92. The van der Waals surface area contributed by atoms with Gasteiger partial charge in [0.1, 0.15) is 0 Å². The quantitative estimate of drug-likeness (QED) is 0.850. The number of amides is 1. The molecular weight excluding hydrogens is 262 g/mol. The zero-order chi connectivity index (χ0) is 14.0. The summed E-state index contributed by atoms with van der Waals surface area (Å²) in [7, 11) is 0. The molecule has 1 saturated heterocycles. The lowest BCUT2D eigenvalue weighted by molar-refractivity contribution is -0.127. The molecule has 0 spiro atoms. The van der Waals surface area contributed by atoms with Gasteiger partial charge in [-0.1, -0.05) is 11.8 Å². The number of β-amino-alcohol motifs (C(OH)–C–C–N with tert-alkyl or cyclic N) is 1. The maximum atomic E-state index is 12.0. The van der Waals surface area contributed by atoms with Crippen molar-refractivity contribution in [2.75, 3.05) is 18.8 Å². The largest absolute Gasteiger partial charge is 0.391 e. The molecule has 0 aliphatic carbocycles. The molecule has 1 aromatic rings. The first-order valence-electron chi connectivity index (χ1n) is 6.50. The van der Waals surface area contributed by atoms with Crippen LogP contribution in [0.25, 0.3) is 0 Å². The highest BCUT2D eigenvalue weighted by Gasteiger charge is 2.25. The molecule has 0 aromatic carbocycles. The van der Waals surface area contributed by atoms with Crippen molar-refractivity contribution in [1.82, 2.24) is 14.5 Å². The van der Waals surface area contributed by atoms with Crippen molar-refractivity contribution in [3.8, 4) is 0 Å². The molecule has 1 aliphatic heterocycles. The fraction of sp³-hybridized carbons (Fsp3) is 0.692. The lowest BCUT2D eigenvalue weighted by atomic mass is 10.1. The van der Waals surface area contributed by atoms with Gasteiger partial charge in [-0.3, -0.25) is 4.79 Å². The van der Waals surface area contributed by atoms with Crippen LogP contribution >= 0.6 is 11.8 Å². The van der Waals surface area contributed by atoms with Gasteiger partial charge >= 0.3 is 0 Å². The fourth-order valence-electron chi connectivity index (χ4n) is 2.09. The summed E-state index contributed by atoms with van der Waals surface area (Å²) >= 11 is 1.46. The van der Waals surface area contributed by atoms with Gasteiger partial charge in [0.2, 0.25) is 5.91 Å². The number of hydrogen-bond acceptors (Lipinski definition) is 4. The van der Waals surface area contributed by atoms with Crippen molar-refractivity contribution in [1.29, 1.82) is 0 Å². The molecule has 106 valence electrons. The van der Waals surface area contributed by atoms with E-state index in [-0.39, 0.29) is 17.6 Å². The zero-order valence-corrected chi connectivity index (χ0v) is 12.5. The molecule has 1 fully saturated rings. The number of carbonyl (C=O) groups is 1. The summed E-state index contributed by atoms with van der Waals surface area (Å²) in [5, 5.41) is 10.3. The summed E-state index contributed by atoms with van der Waals surface area (Å²) < 4.78 is 2.07. The predicted octanol–water partition coefficient (Wildman–Crippen LogP) is 1.32. The molecule has 1 amide bonds. The van der Waals surface area contributed by atoms with Crippen LogP contribution in [0.1, 0.15) is 27.2 Å². The van der Waals surface area contributed by atoms with Gasteiger partial charge in [-0.05, 0) is 27.2 Å². The van der Waals surface area contributed by atoms with Crippen molar-refractivity contribution in [3.05, 3.63) is 12.4 Å². The van der Waals surface area contributed by atoms with E-state index in [0.717, 1.165) is 5.16 Å². The topological polar surface area (TPSA) is 58.4 Å². The van der Waals surface area contributed by atoms with E-state index in [0.29, 0.717) is 25.3 Å². The molecule has 0 bridgehead atoms. The number of thioether (sulfide) groups is 1. The van der Waals surface area contributed by atoms with Gasteiger partial charge in [0.15, 0.2) is 5.16 Å². The van der Waals surface area contributed by atoms with Crippen LogP contribution in [0.4, 0.5) is 0 Å². The Morgan fingerprint density at radius 2 is 2.32 bits per heavy atom. The van der Waals surface area contributed by atoms with Gasteiger partial charge in [-0.25, -0.2) is 4.98 Å². The molecule has 1 N–H and O–H groups in total. The minimum Gasteiger partial charge on any atom is -0.391 e. The fourth-order valence-corrected chi connectivity index (χ4v) is 3.14. The third kappa shape index (κ3) is 3.51. The minimum atomic E-state index is -0.356. The van der Waals surface area contributed by atoms with E-state index in [2.05, 4.69) is 30.3 Å². The minimum absolute atomic E-state index is 0.0360. The highest BCUT2D eigenvalue weighted by Crippen LogP contribution is 2.24. The lowest BCUT2D eigenvalue weighted by Gasteiger charge is -2.23. The van der Waals surface area contributed by atoms with Crippen LogP contribution in [0.2, 0.25) is 0 Å². The van der Waals surface area contributed by atoms with Crippen molar-refractivity contribution in [3.63, 3.8) is 0 Å². The number of nitrogens with zero attached hydrogens (tertiary/aromatic N) is 3. The molecule has 1 aromatic heterocycles. The molecule has 0 unspecified atom stereocenters. The Hall–Kier alpha value is -1.01. The highest BCUT2D eigenvalue weighted by atomic mass is 32.2. The third-order valence-electron chi connectivity index (χ3n) is 3.17. The molecule has 2 heterocycles. The number of aromatic nitrogens is 2. The second kappa shape index (κ2) is 5.54. The smallest absolute Gasteiger partial charge is 0.233 e. The monoisotopic (exact) mass is 283 g/mol. The Bertz CT molecular complexity index is 453. The first kappa shape index (κ1) is 14.4. The predicted molar refractivity (Wildman–Crippen MR) is 75.2 cm³/mol. The van der Waals surface area contributed by atoms with Gasteiger partial charge in [0.25, 0.3) is 0 Å². The van der Waals surface area contributed by atoms with E-state index in [9.17, 15) is 9.90 Å². The van der Waals surface area contributed by atoms with Gasteiger partial charge in [-0.15, -0.1) is 0 Å². The van der Waals surface area contributed by atoms with E-state index in [1.807, 2.05) is 6.20 Å².